The Morgan fingerprint density at radius 2 is 2.00 bits per heavy atom. The van der Waals surface area contributed by atoms with Crippen molar-refractivity contribution in [3.63, 3.8) is 0 Å². The van der Waals surface area contributed by atoms with Gasteiger partial charge in [-0.1, -0.05) is 33.3 Å². The van der Waals surface area contributed by atoms with Crippen LogP contribution in [0.15, 0.2) is 24.5 Å². The first kappa shape index (κ1) is 11.2. The number of aryl methyl sites for hydroxylation is 1. The molecule has 0 aliphatic carbocycles. The van der Waals surface area contributed by atoms with Crippen LogP contribution in [0.5, 0.6) is 0 Å². The average Bonchev–Trinajstić information content (AvgIpc) is 2.13. The van der Waals surface area contributed by atoms with Gasteiger partial charge in [-0.25, -0.2) is 0 Å². The molecule has 0 unspecified atom stereocenters. The first-order valence-corrected chi connectivity index (χ1v) is 5.47. The number of unbranched alkanes of at least 4 members (excludes halogenated alkanes) is 1. The number of pyridine rings is 1. The van der Waals surface area contributed by atoms with Crippen LogP contribution in [0, 0.1) is 5.41 Å². The lowest BCUT2D eigenvalue weighted by atomic mass is 9.89. The Kier molecular flexibility index (Phi) is 4.12. The monoisotopic (exact) mass is 191 g/mol. The van der Waals surface area contributed by atoms with Gasteiger partial charge >= 0.3 is 0 Å². The lowest BCUT2D eigenvalue weighted by molar-refractivity contribution is 0.360. The van der Waals surface area contributed by atoms with Gasteiger partial charge in [-0.3, -0.25) is 4.98 Å². The third-order valence-corrected chi connectivity index (χ3v) is 2.37. The predicted octanol–water partition coefficient (Wildman–Crippen LogP) is 3.84. The Morgan fingerprint density at radius 1 is 1.21 bits per heavy atom. The smallest absolute Gasteiger partial charge is 0.0299 e. The zero-order chi connectivity index (χ0) is 10.4. The van der Waals surface area contributed by atoms with Gasteiger partial charge in [0.15, 0.2) is 0 Å². The van der Waals surface area contributed by atoms with Crippen molar-refractivity contribution in [2.24, 2.45) is 5.41 Å². The molecule has 0 aliphatic rings. The first-order chi connectivity index (χ1) is 6.58. The standard InChI is InChI=1S/C13H21N/c1-13(2,3)9-5-4-7-12-8-6-10-14-11-12/h6,8,10-11H,4-5,7,9H2,1-3H3. The van der Waals surface area contributed by atoms with Crippen molar-refractivity contribution in [3.8, 4) is 0 Å². The van der Waals surface area contributed by atoms with Crippen molar-refractivity contribution in [1.29, 1.82) is 0 Å². The van der Waals surface area contributed by atoms with E-state index in [9.17, 15) is 0 Å². The van der Waals surface area contributed by atoms with E-state index >= 15 is 0 Å². The predicted molar refractivity (Wildman–Crippen MR) is 61.2 cm³/mol. The molecule has 0 amide bonds. The van der Waals surface area contributed by atoms with Gasteiger partial charge in [-0.2, -0.15) is 0 Å². The minimum absolute atomic E-state index is 0.481. The maximum Gasteiger partial charge on any atom is 0.0299 e. The van der Waals surface area contributed by atoms with Crippen LogP contribution in [0.2, 0.25) is 0 Å². The summed E-state index contributed by atoms with van der Waals surface area (Å²) in [6.07, 6.45) is 8.88. The van der Waals surface area contributed by atoms with Crippen molar-refractivity contribution in [2.75, 3.05) is 0 Å². The number of hydrogen-bond acceptors (Lipinski definition) is 1. The van der Waals surface area contributed by atoms with Crippen molar-refractivity contribution < 1.29 is 0 Å². The molecule has 1 rings (SSSR count). The molecule has 0 bridgehead atoms. The van der Waals surface area contributed by atoms with Gasteiger partial charge in [0.1, 0.15) is 0 Å². The van der Waals surface area contributed by atoms with Crippen LogP contribution in [0.25, 0.3) is 0 Å². The van der Waals surface area contributed by atoms with E-state index in [1.165, 1.54) is 31.2 Å². The molecule has 0 spiro atoms. The van der Waals surface area contributed by atoms with Crippen LogP contribution >= 0.6 is 0 Å². The van der Waals surface area contributed by atoms with Gasteiger partial charge in [0.2, 0.25) is 0 Å². The Bertz CT molecular complexity index is 246. The fourth-order valence-corrected chi connectivity index (χ4v) is 1.53. The molecule has 1 heteroatoms. The van der Waals surface area contributed by atoms with Gasteiger partial charge in [0, 0.05) is 12.4 Å². The van der Waals surface area contributed by atoms with E-state index < -0.39 is 0 Å². The van der Waals surface area contributed by atoms with Crippen LogP contribution in [-0.2, 0) is 6.42 Å². The molecule has 0 radical (unpaired) electrons. The average molecular weight is 191 g/mol. The molecule has 1 heterocycles. The summed E-state index contributed by atoms with van der Waals surface area (Å²) in [5.74, 6) is 0. The molecule has 0 atom stereocenters. The molecule has 0 aliphatic heterocycles. The van der Waals surface area contributed by atoms with E-state index in [0.717, 1.165) is 0 Å². The molecule has 1 nitrogen and oxygen atoms in total. The Balaban J connectivity index is 2.17. The van der Waals surface area contributed by atoms with Crippen LogP contribution in [0.3, 0.4) is 0 Å². The molecule has 0 aromatic carbocycles. The van der Waals surface area contributed by atoms with E-state index in [1.54, 1.807) is 0 Å². The lowest BCUT2D eigenvalue weighted by Gasteiger charge is -2.17. The third-order valence-electron chi connectivity index (χ3n) is 2.37. The van der Waals surface area contributed by atoms with Crippen LogP contribution in [0.4, 0.5) is 0 Å². The number of nitrogens with zero attached hydrogens (tertiary/aromatic N) is 1. The zero-order valence-electron chi connectivity index (χ0n) is 9.59. The van der Waals surface area contributed by atoms with Crippen molar-refractivity contribution in [2.45, 2.75) is 46.5 Å². The summed E-state index contributed by atoms with van der Waals surface area (Å²) in [6.45, 7) is 6.91. The molecule has 0 saturated carbocycles. The highest BCUT2D eigenvalue weighted by Gasteiger charge is 2.08. The summed E-state index contributed by atoms with van der Waals surface area (Å²) in [5, 5.41) is 0. The largest absolute Gasteiger partial charge is 0.264 e. The van der Waals surface area contributed by atoms with Gasteiger partial charge in [0.25, 0.3) is 0 Å². The highest BCUT2D eigenvalue weighted by atomic mass is 14.6. The van der Waals surface area contributed by atoms with Crippen LogP contribution in [-0.4, -0.2) is 4.98 Å². The molecule has 14 heavy (non-hydrogen) atoms. The molecule has 0 saturated heterocycles. The fourth-order valence-electron chi connectivity index (χ4n) is 1.53. The first-order valence-electron chi connectivity index (χ1n) is 5.47. The minimum Gasteiger partial charge on any atom is -0.264 e. The number of hydrogen-bond donors (Lipinski definition) is 0. The Hall–Kier alpha value is -0.850. The van der Waals surface area contributed by atoms with Gasteiger partial charge in [0.05, 0.1) is 0 Å². The van der Waals surface area contributed by atoms with E-state index in [0.29, 0.717) is 5.41 Å². The van der Waals surface area contributed by atoms with Crippen LogP contribution < -0.4 is 0 Å². The van der Waals surface area contributed by atoms with Gasteiger partial charge in [-0.05, 0) is 36.3 Å². The Labute approximate surface area is 87.6 Å². The molecule has 1 aromatic rings. The zero-order valence-corrected chi connectivity index (χ0v) is 9.59. The molecule has 0 N–H and O–H groups in total. The number of aromatic nitrogens is 1. The topological polar surface area (TPSA) is 12.9 Å². The second-order valence-corrected chi connectivity index (χ2v) is 5.13. The summed E-state index contributed by atoms with van der Waals surface area (Å²) in [6, 6.07) is 4.17. The Morgan fingerprint density at radius 3 is 2.57 bits per heavy atom. The van der Waals surface area contributed by atoms with E-state index in [2.05, 4.69) is 31.8 Å². The third kappa shape index (κ3) is 5.00. The summed E-state index contributed by atoms with van der Waals surface area (Å²) in [4.78, 5) is 4.11. The summed E-state index contributed by atoms with van der Waals surface area (Å²) in [7, 11) is 0. The van der Waals surface area contributed by atoms with E-state index in [1.807, 2.05) is 18.5 Å². The van der Waals surface area contributed by atoms with Crippen molar-refractivity contribution >= 4 is 0 Å². The second kappa shape index (κ2) is 5.14. The maximum absolute atomic E-state index is 4.11. The molecular formula is C13H21N. The summed E-state index contributed by atoms with van der Waals surface area (Å²) >= 11 is 0. The number of rotatable bonds is 4. The van der Waals surface area contributed by atoms with Crippen LogP contribution in [0.1, 0.15) is 45.6 Å². The highest BCUT2D eigenvalue weighted by Crippen LogP contribution is 2.22. The van der Waals surface area contributed by atoms with Crippen molar-refractivity contribution in [3.05, 3.63) is 30.1 Å². The summed E-state index contributed by atoms with van der Waals surface area (Å²) < 4.78 is 0. The normalized spacial score (nSPS) is 11.6. The molecule has 1 aromatic heterocycles. The van der Waals surface area contributed by atoms with E-state index in [-0.39, 0.29) is 0 Å². The van der Waals surface area contributed by atoms with Crippen molar-refractivity contribution in [1.82, 2.24) is 4.98 Å². The molecule has 78 valence electrons. The fraction of sp³-hybridized carbons (Fsp3) is 0.615. The highest BCUT2D eigenvalue weighted by molar-refractivity contribution is 5.08. The van der Waals surface area contributed by atoms with Gasteiger partial charge < -0.3 is 0 Å². The molecular weight excluding hydrogens is 170 g/mol. The quantitative estimate of drug-likeness (QED) is 0.659. The summed E-state index contributed by atoms with van der Waals surface area (Å²) in [5.41, 5.74) is 1.84. The lowest BCUT2D eigenvalue weighted by Crippen LogP contribution is -2.04. The molecule has 0 fully saturated rings. The van der Waals surface area contributed by atoms with E-state index in [4.69, 9.17) is 0 Å². The maximum atomic E-state index is 4.11. The second-order valence-electron chi connectivity index (χ2n) is 5.13. The SMILES string of the molecule is CC(C)(C)CCCCc1cccnc1. The van der Waals surface area contributed by atoms with Gasteiger partial charge in [-0.15, -0.1) is 0 Å². The minimum atomic E-state index is 0.481.